The average Bonchev–Trinajstić information content (AvgIpc) is 3.30. The van der Waals surface area contributed by atoms with Crippen LogP contribution in [-0.4, -0.2) is 25.6 Å². The second kappa shape index (κ2) is 7.47. The average molecular weight is 356 g/mol. The fraction of sp³-hybridized carbons (Fsp3) is 0.389. The van der Waals surface area contributed by atoms with Crippen LogP contribution in [0.5, 0.6) is 0 Å². The lowest BCUT2D eigenvalue weighted by molar-refractivity contribution is 0.249. The minimum absolute atomic E-state index is 0.156. The van der Waals surface area contributed by atoms with Crippen molar-refractivity contribution in [3.63, 3.8) is 0 Å². The van der Waals surface area contributed by atoms with Crippen molar-refractivity contribution in [2.75, 3.05) is 5.32 Å². The van der Waals surface area contributed by atoms with Crippen LogP contribution in [0.2, 0.25) is 0 Å². The molecule has 0 fully saturated rings. The van der Waals surface area contributed by atoms with Crippen LogP contribution in [0.25, 0.3) is 0 Å². The summed E-state index contributed by atoms with van der Waals surface area (Å²) in [4.78, 5) is 12.4. The van der Waals surface area contributed by atoms with Crippen molar-refractivity contribution in [2.24, 2.45) is 0 Å². The zero-order valence-electron chi connectivity index (χ0n) is 15.5. The molecule has 0 unspecified atom stereocenters. The summed E-state index contributed by atoms with van der Waals surface area (Å²) in [6.07, 6.45) is 3.25. The maximum Gasteiger partial charge on any atom is 0.320 e. The Kier molecular flexibility index (Phi) is 5.11. The number of carbonyl (C=O) groups is 1. The summed E-state index contributed by atoms with van der Waals surface area (Å²) in [6, 6.07) is 4.99. The predicted octanol–water partition coefficient (Wildman–Crippen LogP) is 3.24. The van der Waals surface area contributed by atoms with Crippen LogP contribution >= 0.6 is 0 Å². The highest BCUT2D eigenvalue weighted by atomic mass is 16.3. The molecule has 138 valence electrons. The molecule has 3 aromatic rings. The van der Waals surface area contributed by atoms with Crippen molar-refractivity contribution in [1.82, 2.24) is 24.9 Å². The molecule has 3 heterocycles. The lowest BCUT2D eigenvalue weighted by Crippen LogP contribution is -2.32. The highest BCUT2D eigenvalue weighted by Crippen LogP contribution is 2.21. The Bertz CT molecular complexity index is 878. The first kappa shape index (κ1) is 17.8. The molecule has 0 bridgehead atoms. The Hall–Kier alpha value is -3.03. The van der Waals surface area contributed by atoms with Gasteiger partial charge in [-0.05, 0) is 39.8 Å². The first-order chi connectivity index (χ1) is 12.5. The van der Waals surface area contributed by atoms with Gasteiger partial charge in [-0.25, -0.2) is 9.48 Å². The van der Waals surface area contributed by atoms with E-state index in [0.29, 0.717) is 12.4 Å². The van der Waals surface area contributed by atoms with E-state index < -0.39 is 0 Å². The third-order valence-electron chi connectivity index (χ3n) is 4.36. The normalized spacial score (nSPS) is 12.2. The molecular formula is C18H24N6O2. The number of urea groups is 1. The van der Waals surface area contributed by atoms with E-state index in [9.17, 15) is 4.79 Å². The van der Waals surface area contributed by atoms with Gasteiger partial charge in [0, 0.05) is 23.9 Å². The predicted molar refractivity (Wildman–Crippen MR) is 98.0 cm³/mol. The van der Waals surface area contributed by atoms with Crippen LogP contribution < -0.4 is 10.6 Å². The number of hydrogen-bond acceptors (Lipinski definition) is 4. The van der Waals surface area contributed by atoms with E-state index in [1.54, 1.807) is 23.2 Å². The fourth-order valence-electron chi connectivity index (χ4n) is 3.18. The molecule has 0 saturated carbocycles. The van der Waals surface area contributed by atoms with Gasteiger partial charge in [0.05, 0.1) is 24.2 Å². The topological polar surface area (TPSA) is 89.9 Å². The second-order valence-corrected chi connectivity index (χ2v) is 6.17. The Morgan fingerprint density at radius 3 is 2.77 bits per heavy atom. The van der Waals surface area contributed by atoms with Crippen LogP contribution in [0.4, 0.5) is 10.6 Å². The number of aromatic nitrogens is 4. The molecule has 8 heteroatoms. The quantitative estimate of drug-likeness (QED) is 0.709. The standard InChI is InChI=1S/C18H24N6O2/c1-5-23-14(4)17(13(3)22-23)12(2)20-18(25)21-16-8-9-19-24(16)11-15-7-6-10-26-15/h6-10,12H,5,11H2,1-4H3,(H2,20,21,25)/t12-/m1/s1. The molecule has 0 aromatic carbocycles. The molecule has 0 aliphatic heterocycles. The molecule has 0 radical (unpaired) electrons. The Morgan fingerprint density at radius 1 is 1.31 bits per heavy atom. The molecule has 3 aromatic heterocycles. The van der Waals surface area contributed by atoms with E-state index >= 15 is 0 Å². The number of anilines is 1. The van der Waals surface area contributed by atoms with Crippen LogP contribution in [-0.2, 0) is 13.1 Å². The monoisotopic (exact) mass is 356 g/mol. The second-order valence-electron chi connectivity index (χ2n) is 6.17. The number of amides is 2. The smallest absolute Gasteiger partial charge is 0.320 e. The van der Waals surface area contributed by atoms with E-state index in [1.165, 1.54) is 0 Å². The summed E-state index contributed by atoms with van der Waals surface area (Å²) in [6.45, 7) is 9.24. The largest absolute Gasteiger partial charge is 0.467 e. The Morgan fingerprint density at radius 2 is 2.12 bits per heavy atom. The number of aryl methyl sites for hydroxylation is 2. The number of rotatable bonds is 6. The molecule has 26 heavy (non-hydrogen) atoms. The molecule has 2 amide bonds. The molecular weight excluding hydrogens is 332 g/mol. The van der Waals surface area contributed by atoms with Crippen LogP contribution in [0, 0.1) is 13.8 Å². The van der Waals surface area contributed by atoms with E-state index in [2.05, 4.69) is 20.8 Å². The van der Waals surface area contributed by atoms with E-state index in [1.807, 2.05) is 44.5 Å². The summed E-state index contributed by atoms with van der Waals surface area (Å²) in [7, 11) is 0. The summed E-state index contributed by atoms with van der Waals surface area (Å²) in [5, 5.41) is 14.6. The van der Waals surface area contributed by atoms with Crippen LogP contribution in [0.15, 0.2) is 35.1 Å². The van der Waals surface area contributed by atoms with Gasteiger partial charge in [-0.15, -0.1) is 0 Å². The number of carbonyl (C=O) groups excluding carboxylic acids is 1. The van der Waals surface area contributed by atoms with E-state index in [4.69, 9.17) is 4.42 Å². The van der Waals surface area contributed by atoms with E-state index in [-0.39, 0.29) is 12.1 Å². The van der Waals surface area contributed by atoms with Gasteiger partial charge in [-0.3, -0.25) is 10.00 Å². The molecule has 1 atom stereocenters. The number of furan rings is 1. The zero-order valence-corrected chi connectivity index (χ0v) is 15.5. The highest BCUT2D eigenvalue weighted by molar-refractivity contribution is 5.88. The van der Waals surface area contributed by atoms with Gasteiger partial charge in [-0.1, -0.05) is 0 Å². The number of hydrogen-bond donors (Lipinski definition) is 2. The Labute approximate surface area is 152 Å². The summed E-state index contributed by atoms with van der Waals surface area (Å²) >= 11 is 0. The van der Waals surface area contributed by atoms with Crippen molar-refractivity contribution in [1.29, 1.82) is 0 Å². The van der Waals surface area contributed by atoms with Gasteiger partial charge >= 0.3 is 6.03 Å². The number of nitrogens with one attached hydrogen (secondary N) is 2. The van der Waals surface area contributed by atoms with Gasteiger partial charge in [0.15, 0.2) is 0 Å². The fourth-order valence-corrected chi connectivity index (χ4v) is 3.18. The highest BCUT2D eigenvalue weighted by Gasteiger charge is 2.19. The molecule has 0 spiro atoms. The zero-order chi connectivity index (χ0) is 18.7. The van der Waals surface area contributed by atoms with Gasteiger partial charge in [0.25, 0.3) is 0 Å². The van der Waals surface area contributed by atoms with Crippen molar-refractivity contribution in [3.05, 3.63) is 53.4 Å². The van der Waals surface area contributed by atoms with Gasteiger partial charge in [0.2, 0.25) is 0 Å². The summed E-state index contributed by atoms with van der Waals surface area (Å²) < 4.78 is 8.95. The van der Waals surface area contributed by atoms with Crippen molar-refractivity contribution in [3.8, 4) is 0 Å². The third kappa shape index (κ3) is 3.63. The van der Waals surface area contributed by atoms with Crippen molar-refractivity contribution < 1.29 is 9.21 Å². The van der Waals surface area contributed by atoms with Crippen molar-refractivity contribution >= 4 is 11.8 Å². The van der Waals surface area contributed by atoms with Crippen LogP contribution in [0.3, 0.4) is 0 Å². The molecule has 0 saturated heterocycles. The SMILES string of the molecule is CCn1nc(C)c([C@@H](C)NC(=O)Nc2ccnn2Cc2ccco2)c1C. The first-order valence-electron chi connectivity index (χ1n) is 8.65. The maximum atomic E-state index is 12.4. The van der Waals surface area contributed by atoms with Gasteiger partial charge < -0.3 is 9.73 Å². The minimum atomic E-state index is -0.290. The minimum Gasteiger partial charge on any atom is -0.467 e. The number of nitrogens with zero attached hydrogens (tertiary/aromatic N) is 4. The van der Waals surface area contributed by atoms with Crippen LogP contribution in [0.1, 0.15) is 42.6 Å². The molecule has 8 nitrogen and oxygen atoms in total. The first-order valence-corrected chi connectivity index (χ1v) is 8.65. The summed E-state index contributed by atoms with van der Waals surface area (Å²) in [5.74, 6) is 1.37. The lowest BCUT2D eigenvalue weighted by Gasteiger charge is -2.16. The molecule has 3 rings (SSSR count). The van der Waals surface area contributed by atoms with E-state index in [0.717, 1.165) is 29.3 Å². The lowest BCUT2D eigenvalue weighted by atomic mass is 10.1. The summed E-state index contributed by atoms with van der Waals surface area (Å²) in [5.41, 5.74) is 3.05. The maximum absolute atomic E-state index is 12.4. The molecule has 0 aliphatic rings. The van der Waals surface area contributed by atoms with Gasteiger partial charge in [-0.2, -0.15) is 10.2 Å². The van der Waals surface area contributed by atoms with Crippen molar-refractivity contribution in [2.45, 2.75) is 46.8 Å². The Balaban J connectivity index is 1.66. The molecule has 0 aliphatic carbocycles. The molecule has 2 N–H and O–H groups in total. The van der Waals surface area contributed by atoms with Gasteiger partial charge in [0.1, 0.15) is 18.1 Å². The third-order valence-corrected chi connectivity index (χ3v) is 4.36.